The van der Waals surface area contributed by atoms with Gasteiger partial charge in [-0.3, -0.25) is 0 Å². The van der Waals surface area contributed by atoms with E-state index in [9.17, 15) is 0 Å². The molecule has 2 aromatic carbocycles. The van der Waals surface area contributed by atoms with Crippen LogP contribution in [0.15, 0.2) is 54.6 Å². The summed E-state index contributed by atoms with van der Waals surface area (Å²) in [6.07, 6.45) is 1.01. The van der Waals surface area contributed by atoms with Crippen LogP contribution < -0.4 is 5.32 Å². The van der Waals surface area contributed by atoms with Gasteiger partial charge < -0.3 is 5.32 Å². The minimum Gasteiger partial charge on any atom is -0.385 e. The lowest BCUT2D eigenvalue weighted by Crippen LogP contribution is -2.04. The highest BCUT2D eigenvalue weighted by Crippen LogP contribution is 2.10. The standard InChI is InChI=1S/C14H14ClN.ClH/c15-13-8-6-12(7-9-13)10-11-16-14-4-2-1-3-5-14;/h1-9,16H,10-11H2;1H. The van der Waals surface area contributed by atoms with Gasteiger partial charge in [0.2, 0.25) is 0 Å². The molecule has 0 spiro atoms. The maximum Gasteiger partial charge on any atom is 0.0406 e. The second-order valence-corrected chi connectivity index (χ2v) is 4.11. The normalized spacial score (nSPS) is 9.47. The number of hydrogen-bond acceptors (Lipinski definition) is 1. The second kappa shape index (κ2) is 7.21. The SMILES string of the molecule is Cl.Clc1ccc(CCNc2ccccc2)cc1. The number of para-hydroxylation sites is 1. The summed E-state index contributed by atoms with van der Waals surface area (Å²) in [7, 11) is 0. The fraction of sp³-hybridized carbons (Fsp3) is 0.143. The van der Waals surface area contributed by atoms with Gasteiger partial charge in [0.05, 0.1) is 0 Å². The molecule has 0 amide bonds. The van der Waals surface area contributed by atoms with Crippen LogP contribution in [0.1, 0.15) is 5.56 Å². The molecule has 17 heavy (non-hydrogen) atoms. The van der Waals surface area contributed by atoms with Crippen molar-refractivity contribution in [1.82, 2.24) is 0 Å². The van der Waals surface area contributed by atoms with Gasteiger partial charge in [-0.2, -0.15) is 0 Å². The molecule has 2 aromatic rings. The molecule has 0 aliphatic carbocycles. The van der Waals surface area contributed by atoms with E-state index in [-0.39, 0.29) is 12.4 Å². The zero-order valence-corrected chi connectivity index (χ0v) is 11.0. The molecule has 0 bridgehead atoms. The minimum absolute atomic E-state index is 0. The maximum atomic E-state index is 5.83. The zero-order valence-electron chi connectivity index (χ0n) is 9.40. The van der Waals surface area contributed by atoms with Crippen molar-refractivity contribution in [2.45, 2.75) is 6.42 Å². The average Bonchev–Trinajstić information content (AvgIpc) is 2.33. The molecule has 0 saturated heterocycles. The van der Waals surface area contributed by atoms with Crippen LogP contribution in [-0.4, -0.2) is 6.54 Å². The van der Waals surface area contributed by atoms with Gasteiger partial charge in [0.25, 0.3) is 0 Å². The lowest BCUT2D eigenvalue weighted by Gasteiger charge is -2.06. The van der Waals surface area contributed by atoms with Crippen molar-refractivity contribution in [1.29, 1.82) is 0 Å². The van der Waals surface area contributed by atoms with Crippen molar-refractivity contribution in [2.24, 2.45) is 0 Å². The molecule has 0 aromatic heterocycles. The fourth-order valence-electron chi connectivity index (χ4n) is 1.56. The molecule has 0 heterocycles. The van der Waals surface area contributed by atoms with E-state index in [2.05, 4.69) is 29.6 Å². The van der Waals surface area contributed by atoms with Gasteiger partial charge in [-0.15, -0.1) is 12.4 Å². The Morgan fingerprint density at radius 3 is 2.18 bits per heavy atom. The Hall–Kier alpha value is -1.18. The van der Waals surface area contributed by atoms with Crippen molar-refractivity contribution in [2.75, 3.05) is 11.9 Å². The topological polar surface area (TPSA) is 12.0 Å². The molecule has 2 rings (SSSR count). The molecule has 3 heteroatoms. The summed E-state index contributed by atoms with van der Waals surface area (Å²) in [5.74, 6) is 0. The Bertz CT molecular complexity index is 426. The van der Waals surface area contributed by atoms with Gasteiger partial charge in [-0.1, -0.05) is 41.9 Å². The predicted octanol–water partition coefficient (Wildman–Crippen LogP) is 4.42. The van der Waals surface area contributed by atoms with E-state index in [1.165, 1.54) is 5.56 Å². The number of rotatable bonds is 4. The average molecular weight is 268 g/mol. The molecule has 1 N–H and O–H groups in total. The van der Waals surface area contributed by atoms with Gasteiger partial charge in [-0.05, 0) is 36.2 Å². The third-order valence-electron chi connectivity index (χ3n) is 2.43. The van der Waals surface area contributed by atoms with Crippen molar-refractivity contribution in [3.63, 3.8) is 0 Å². The molecule has 0 radical (unpaired) electrons. The third kappa shape index (κ3) is 4.68. The monoisotopic (exact) mass is 267 g/mol. The van der Waals surface area contributed by atoms with Crippen LogP contribution in [0.5, 0.6) is 0 Å². The highest BCUT2D eigenvalue weighted by Gasteiger charge is 1.93. The molecular weight excluding hydrogens is 253 g/mol. The van der Waals surface area contributed by atoms with Crippen molar-refractivity contribution in [3.8, 4) is 0 Å². The molecular formula is C14H15Cl2N. The van der Waals surface area contributed by atoms with Crippen LogP contribution in [0, 0.1) is 0 Å². The molecule has 1 nitrogen and oxygen atoms in total. The van der Waals surface area contributed by atoms with Gasteiger partial charge in [0.15, 0.2) is 0 Å². The van der Waals surface area contributed by atoms with Crippen LogP contribution in [0.25, 0.3) is 0 Å². The Kier molecular flexibility index (Phi) is 5.88. The van der Waals surface area contributed by atoms with E-state index in [1.54, 1.807) is 0 Å². The molecule has 0 saturated carbocycles. The van der Waals surface area contributed by atoms with Crippen LogP contribution in [0.2, 0.25) is 5.02 Å². The van der Waals surface area contributed by atoms with E-state index >= 15 is 0 Å². The summed E-state index contributed by atoms with van der Waals surface area (Å²) in [6, 6.07) is 18.2. The molecule has 90 valence electrons. The van der Waals surface area contributed by atoms with Crippen LogP contribution >= 0.6 is 24.0 Å². The molecule has 0 atom stereocenters. The summed E-state index contributed by atoms with van der Waals surface area (Å²) in [6.45, 7) is 0.936. The van der Waals surface area contributed by atoms with Crippen LogP contribution in [0.3, 0.4) is 0 Å². The first-order valence-electron chi connectivity index (χ1n) is 5.38. The Morgan fingerprint density at radius 1 is 0.882 bits per heavy atom. The van der Waals surface area contributed by atoms with E-state index in [4.69, 9.17) is 11.6 Å². The number of nitrogens with one attached hydrogen (secondary N) is 1. The minimum atomic E-state index is 0. The van der Waals surface area contributed by atoms with E-state index in [0.717, 1.165) is 23.7 Å². The number of benzene rings is 2. The number of anilines is 1. The van der Waals surface area contributed by atoms with E-state index in [0.29, 0.717) is 0 Å². The first kappa shape index (κ1) is 13.9. The summed E-state index contributed by atoms with van der Waals surface area (Å²) in [5, 5.41) is 4.17. The number of hydrogen-bond donors (Lipinski definition) is 1. The summed E-state index contributed by atoms with van der Waals surface area (Å²) >= 11 is 5.83. The number of halogens is 2. The lowest BCUT2D eigenvalue weighted by molar-refractivity contribution is 1.02. The second-order valence-electron chi connectivity index (χ2n) is 3.67. The molecule has 0 fully saturated rings. The Balaban J connectivity index is 0.00000144. The maximum absolute atomic E-state index is 5.83. The fourth-order valence-corrected chi connectivity index (χ4v) is 1.68. The molecule has 0 unspecified atom stereocenters. The van der Waals surface area contributed by atoms with Crippen molar-refractivity contribution in [3.05, 3.63) is 65.2 Å². The first-order valence-corrected chi connectivity index (χ1v) is 5.76. The summed E-state index contributed by atoms with van der Waals surface area (Å²) in [5.41, 5.74) is 2.46. The Labute approximate surface area is 113 Å². The van der Waals surface area contributed by atoms with Gasteiger partial charge in [0, 0.05) is 17.3 Å². The molecule has 0 aliphatic rings. The highest BCUT2D eigenvalue weighted by atomic mass is 35.5. The lowest BCUT2D eigenvalue weighted by atomic mass is 10.1. The van der Waals surface area contributed by atoms with Crippen LogP contribution in [-0.2, 0) is 6.42 Å². The van der Waals surface area contributed by atoms with Crippen LogP contribution in [0.4, 0.5) is 5.69 Å². The summed E-state index contributed by atoms with van der Waals surface area (Å²) < 4.78 is 0. The summed E-state index contributed by atoms with van der Waals surface area (Å²) in [4.78, 5) is 0. The highest BCUT2D eigenvalue weighted by molar-refractivity contribution is 6.30. The largest absolute Gasteiger partial charge is 0.385 e. The van der Waals surface area contributed by atoms with Gasteiger partial charge >= 0.3 is 0 Å². The van der Waals surface area contributed by atoms with E-state index < -0.39 is 0 Å². The molecule has 0 aliphatic heterocycles. The predicted molar refractivity (Wildman–Crippen MR) is 77.3 cm³/mol. The first-order chi connectivity index (χ1) is 7.84. The van der Waals surface area contributed by atoms with Crippen molar-refractivity contribution >= 4 is 29.7 Å². The zero-order chi connectivity index (χ0) is 11.2. The van der Waals surface area contributed by atoms with Gasteiger partial charge in [0.1, 0.15) is 0 Å². The third-order valence-corrected chi connectivity index (χ3v) is 2.68. The smallest absolute Gasteiger partial charge is 0.0406 e. The van der Waals surface area contributed by atoms with Gasteiger partial charge in [-0.25, -0.2) is 0 Å². The quantitative estimate of drug-likeness (QED) is 0.865. The van der Waals surface area contributed by atoms with E-state index in [1.807, 2.05) is 30.3 Å². The van der Waals surface area contributed by atoms with Crippen molar-refractivity contribution < 1.29 is 0 Å². The Morgan fingerprint density at radius 2 is 1.53 bits per heavy atom.